The molecule has 79 heavy (non-hydrogen) atoms. The third-order valence-corrected chi connectivity index (χ3v) is 16.1. The van der Waals surface area contributed by atoms with Gasteiger partial charge in [0.1, 0.15) is 0 Å². The third-order valence-electron chi connectivity index (χ3n) is 16.1. The van der Waals surface area contributed by atoms with Gasteiger partial charge in [-0.05, 0) is 208 Å². The normalized spacial score (nSPS) is 11.8. The molecule has 2 aromatic heterocycles. The molecule has 0 spiro atoms. The summed E-state index contributed by atoms with van der Waals surface area (Å²) in [5, 5.41) is 4.20. The molecule has 0 aliphatic rings. The smallest absolute Gasteiger partial charge is 0.309 e. The summed E-state index contributed by atoms with van der Waals surface area (Å²) in [7, 11) is 0. The van der Waals surface area contributed by atoms with Crippen molar-refractivity contribution in [3.8, 4) is 78.1 Å². The third kappa shape index (κ3) is 8.29. The lowest BCUT2D eigenvalue weighted by Gasteiger charge is -2.21. The van der Waals surface area contributed by atoms with Crippen LogP contribution in [0.5, 0.6) is 0 Å². The molecular formula is C73H52F3N3. The lowest BCUT2D eigenvalue weighted by Crippen LogP contribution is -2.08. The van der Waals surface area contributed by atoms with Crippen LogP contribution in [-0.4, -0.2) is 9.13 Å². The van der Waals surface area contributed by atoms with E-state index in [1.807, 2.05) is 30.3 Å². The fraction of sp³-hybridized carbons (Fsp3) is 0.0822. The maximum atomic E-state index is 15.2. The fourth-order valence-corrected chi connectivity index (χ4v) is 12.2. The van der Waals surface area contributed by atoms with E-state index in [0.717, 1.165) is 117 Å². The lowest BCUT2D eigenvalue weighted by molar-refractivity contribution is -0.137. The summed E-state index contributed by atoms with van der Waals surface area (Å²) >= 11 is 0. The molecule has 0 amide bonds. The van der Waals surface area contributed by atoms with E-state index < -0.39 is 11.7 Å². The SMILES string of the molecule is [C-]#[N+]c1ccc(-n2c3ccc(-c4ccccc4C)cc3c3cc(-c4ccccc4C)ccc32)cc1-c1cc(-c2c(C)cccc2C(F)(F)F)ccc1-n1c2ccc(-c3ccccc3C)cc2c2cc(-c3ccccc3C)ccc21. The zero-order valence-corrected chi connectivity index (χ0v) is 44.3. The van der Waals surface area contributed by atoms with Crippen LogP contribution < -0.4 is 0 Å². The zero-order valence-electron chi connectivity index (χ0n) is 44.3. The second kappa shape index (κ2) is 19.1. The van der Waals surface area contributed by atoms with Gasteiger partial charge in [-0.25, -0.2) is 4.85 Å². The van der Waals surface area contributed by atoms with Gasteiger partial charge in [0.15, 0.2) is 5.69 Å². The number of hydrogen-bond donors (Lipinski definition) is 0. The van der Waals surface area contributed by atoms with Crippen LogP contribution in [-0.2, 0) is 6.18 Å². The number of nitrogens with zero attached hydrogens (tertiary/aromatic N) is 3. The molecule has 0 radical (unpaired) electrons. The molecule has 6 heteroatoms. The van der Waals surface area contributed by atoms with Gasteiger partial charge in [0.05, 0.1) is 39.9 Å². The number of benzene rings is 11. The molecule has 0 aliphatic carbocycles. The molecule has 0 unspecified atom stereocenters. The van der Waals surface area contributed by atoms with Crippen molar-refractivity contribution < 1.29 is 13.2 Å². The highest BCUT2D eigenvalue weighted by Gasteiger charge is 2.34. The Morgan fingerprint density at radius 1 is 0.342 bits per heavy atom. The highest BCUT2D eigenvalue weighted by molar-refractivity contribution is 6.14. The first-order valence-electron chi connectivity index (χ1n) is 26.6. The van der Waals surface area contributed by atoms with Crippen LogP contribution in [0.4, 0.5) is 18.9 Å². The molecule has 0 saturated heterocycles. The maximum absolute atomic E-state index is 15.2. The first-order chi connectivity index (χ1) is 38.3. The Kier molecular flexibility index (Phi) is 11.8. The highest BCUT2D eigenvalue weighted by atomic mass is 19.4. The number of hydrogen-bond acceptors (Lipinski definition) is 0. The predicted molar refractivity (Wildman–Crippen MR) is 323 cm³/mol. The molecule has 2 heterocycles. The molecule has 0 saturated carbocycles. The molecule has 0 atom stereocenters. The van der Waals surface area contributed by atoms with Gasteiger partial charge >= 0.3 is 6.18 Å². The van der Waals surface area contributed by atoms with Gasteiger partial charge in [0.2, 0.25) is 0 Å². The van der Waals surface area contributed by atoms with Gasteiger partial charge in [-0.15, -0.1) is 0 Å². The Labute approximate surface area is 457 Å². The van der Waals surface area contributed by atoms with Crippen molar-refractivity contribution >= 4 is 49.3 Å². The van der Waals surface area contributed by atoms with E-state index in [4.69, 9.17) is 6.57 Å². The number of rotatable bonds is 8. The predicted octanol–water partition coefficient (Wildman–Crippen LogP) is 21.0. The quantitative estimate of drug-likeness (QED) is 0.135. The van der Waals surface area contributed by atoms with Crippen molar-refractivity contribution in [2.45, 2.75) is 40.8 Å². The summed E-state index contributed by atoms with van der Waals surface area (Å²) in [6.45, 7) is 19.0. The van der Waals surface area contributed by atoms with E-state index in [1.165, 1.54) is 17.2 Å². The minimum atomic E-state index is -4.62. The van der Waals surface area contributed by atoms with Crippen molar-refractivity contribution in [3.63, 3.8) is 0 Å². The Morgan fingerprint density at radius 3 is 1.14 bits per heavy atom. The van der Waals surface area contributed by atoms with Gasteiger partial charge < -0.3 is 9.13 Å². The molecular weight excluding hydrogens is 976 g/mol. The average molecular weight is 1030 g/mol. The Hall–Kier alpha value is -9.70. The summed E-state index contributed by atoms with van der Waals surface area (Å²) in [4.78, 5) is 4.18. The van der Waals surface area contributed by atoms with Crippen molar-refractivity contribution in [1.82, 2.24) is 9.13 Å². The van der Waals surface area contributed by atoms with Gasteiger partial charge in [-0.2, -0.15) is 13.2 Å². The van der Waals surface area contributed by atoms with Crippen LogP contribution in [0.15, 0.2) is 224 Å². The molecule has 0 N–H and O–H groups in total. The Morgan fingerprint density at radius 2 is 0.734 bits per heavy atom. The van der Waals surface area contributed by atoms with Crippen LogP contribution in [0.2, 0.25) is 0 Å². The number of aryl methyl sites for hydroxylation is 5. The Bertz CT molecular complexity index is 4470. The highest BCUT2D eigenvalue weighted by Crippen LogP contribution is 2.47. The number of alkyl halides is 3. The molecule has 13 rings (SSSR count). The molecule has 13 aromatic rings. The van der Waals surface area contributed by atoms with E-state index >= 15 is 13.2 Å². The topological polar surface area (TPSA) is 14.2 Å². The summed E-state index contributed by atoms with van der Waals surface area (Å²) in [5.74, 6) is 0. The molecule has 0 fully saturated rings. The molecule has 0 aliphatic heterocycles. The zero-order chi connectivity index (χ0) is 54.3. The summed E-state index contributed by atoms with van der Waals surface area (Å²) in [6.07, 6.45) is -4.62. The molecule has 3 nitrogen and oxygen atoms in total. The van der Waals surface area contributed by atoms with E-state index in [1.54, 1.807) is 13.0 Å². The van der Waals surface area contributed by atoms with Crippen LogP contribution in [0.25, 0.3) is 127 Å². The molecule has 11 aromatic carbocycles. The summed E-state index contributed by atoms with van der Waals surface area (Å²) in [6, 6.07) is 76.0. The summed E-state index contributed by atoms with van der Waals surface area (Å²) < 4.78 is 50.0. The minimum Gasteiger partial charge on any atom is -0.309 e. The van der Waals surface area contributed by atoms with Gasteiger partial charge in [0.25, 0.3) is 0 Å². The van der Waals surface area contributed by atoms with E-state index in [-0.39, 0.29) is 5.56 Å². The number of fused-ring (bicyclic) bond motifs is 6. The summed E-state index contributed by atoms with van der Waals surface area (Å²) in [5.41, 5.74) is 20.8. The number of aromatic nitrogens is 2. The first kappa shape index (κ1) is 48.9. The molecule has 0 bridgehead atoms. The first-order valence-corrected chi connectivity index (χ1v) is 26.6. The Balaban J connectivity index is 1.10. The van der Waals surface area contributed by atoms with Crippen molar-refractivity contribution in [2.24, 2.45) is 0 Å². The van der Waals surface area contributed by atoms with Gasteiger partial charge in [-0.3, -0.25) is 0 Å². The van der Waals surface area contributed by atoms with Crippen LogP contribution >= 0.6 is 0 Å². The van der Waals surface area contributed by atoms with Crippen LogP contribution in [0.1, 0.15) is 33.4 Å². The van der Waals surface area contributed by atoms with Crippen LogP contribution in [0.3, 0.4) is 0 Å². The van der Waals surface area contributed by atoms with Crippen molar-refractivity contribution in [3.05, 3.63) is 269 Å². The van der Waals surface area contributed by atoms with Crippen molar-refractivity contribution in [2.75, 3.05) is 0 Å². The standard InChI is InChI=1S/C73H52F3N3/c1-44-16-7-11-21-55(44)49-26-33-67-61(38-49)62-39-50(56-22-12-8-17-45(56)2)27-34-68(62)78(67)54-31-32-66(77-6)59(43-54)60-42-53(72-48(5)20-15-25-65(72)73(74,75)76)30-37-69(60)79-70-35-28-51(57-23-13-9-18-46(57)3)40-63(70)64-41-52(29-36-71(64)79)58-24-14-10-19-47(58)4/h7-43H,1-5H3. The molecule has 380 valence electrons. The largest absolute Gasteiger partial charge is 0.417 e. The maximum Gasteiger partial charge on any atom is 0.417 e. The van der Waals surface area contributed by atoms with E-state index in [2.05, 4.69) is 218 Å². The van der Waals surface area contributed by atoms with Crippen molar-refractivity contribution in [1.29, 1.82) is 0 Å². The van der Waals surface area contributed by atoms with Gasteiger partial charge in [0, 0.05) is 27.2 Å². The van der Waals surface area contributed by atoms with Gasteiger partial charge in [-0.1, -0.05) is 146 Å². The fourth-order valence-electron chi connectivity index (χ4n) is 12.2. The minimum absolute atomic E-state index is 0.104. The van der Waals surface area contributed by atoms with E-state index in [9.17, 15) is 0 Å². The number of halogens is 3. The monoisotopic (exact) mass is 1030 g/mol. The lowest BCUT2D eigenvalue weighted by atomic mass is 9.91. The second-order valence-corrected chi connectivity index (χ2v) is 20.9. The second-order valence-electron chi connectivity index (χ2n) is 20.9. The average Bonchev–Trinajstić information content (AvgIpc) is 4.16. The van der Waals surface area contributed by atoms with E-state index in [0.29, 0.717) is 27.9 Å². The van der Waals surface area contributed by atoms with Crippen LogP contribution in [0, 0.1) is 41.2 Å².